The molecule has 116 valence electrons. The van der Waals surface area contributed by atoms with Gasteiger partial charge in [-0.05, 0) is 37.8 Å². The zero-order chi connectivity index (χ0) is 15.4. The molecule has 1 saturated heterocycles. The number of rotatable bonds is 4. The molecule has 0 aromatic heterocycles. The zero-order valence-electron chi connectivity index (χ0n) is 12.0. The topological polar surface area (TPSA) is 52.6 Å². The Morgan fingerprint density at radius 1 is 1.43 bits per heavy atom. The number of likely N-dealkylation sites (tertiary alicyclic amines) is 1. The molecule has 1 fully saturated rings. The van der Waals surface area contributed by atoms with E-state index in [4.69, 9.17) is 0 Å². The Morgan fingerprint density at radius 3 is 2.67 bits per heavy atom. The van der Waals surface area contributed by atoms with Gasteiger partial charge in [0.2, 0.25) is 0 Å². The molecule has 0 bridgehead atoms. The van der Waals surface area contributed by atoms with Crippen molar-refractivity contribution >= 4 is 11.6 Å². The predicted octanol–water partition coefficient (Wildman–Crippen LogP) is 2.24. The summed E-state index contributed by atoms with van der Waals surface area (Å²) in [6, 6.07) is 2.12. The van der Waals surface area contributed by atoms with Gasteiger partial charge in [0.25, 0.3) is 5.91 Å². The van der Waals surface area contributed by atoms with Crippen LogP contribution in [0.25, 0.3) is 0 Å². The van der Waals surface area contributed by atoms with E-state index in [9.17, 15) is 18.7 Å². The van der Waals surface area contributed by atoms with Crippen LogP contribution in [0.1, 0.15) is 30.1 Å². The van der Waals surface area contributed by atoms with Gasteiger partial charge in [-0.25, -0.2) is 8.78 Å². The van der Waals surface area contributed by atoms with E-state index < -0.39 is 17.5 Å². The van der Waals surface area contributed by atoms with Gasteiger partial charge in [-0.3, -0.25) is 4.79 Å². The average Bonchev–Trinajstić information content (AvgIpc) is 2.50. The number of amides is 1. The van der Waals surface area contributed by atoms with E-state index in [2.05, 4.69) is 5.32 Å². The molecule has 0 spiro atoms. The third-order valence-corrected chi connectivity index (χ3v) is 3.71. The van der Waals surface area contributed by atoms with Crippen LogP contribution in [0.3, 0.4) is 0 Å². The van der Waals surface area contributed by atoms with Crippen molar-refractivity contribution in [1.29, 1.82) is 0 Å². The van der Waals surface area contributed by atoms with Crippen LogP contribution in [-0.4, -0.2) is 42.2 Å². The highest BCUT2D eigenvalue weighted by Gasteiger charge is 2.25. The molecule has 21 heavy (non-hydrogen) atoms. The molecule has 1 atom stereocenters. The first-order valence-corrected chi connectivity index (χ1v) is 7.19. The van der Waals surface area contributed by atoms with E-state index in [0.717, 1.165) is 25.0 Å². The Kier molecular flexibility index (Phi) is 5.12. The third kappa shape index (κ3) is 3.50. The number of hydrogen-bond donors (Lipinski definition) is 2. The van der Waals surface area contributed by atoms with Gasteiger partial charge in [0.15, 0.2) is 0 Å². The molecule has 1 aliphatic heterocycles. The predicted molar refractivity (Wildman–Crippen MR) is 76.2 cm³/mol. The Morgan fingerprint density at radius 2 is 2.10 bits per heavy atom. The molecule has 1 aromatic carbocycles. The van der Waals surface area contributed by atoms with Crippen molar-refractivity contribution in [2.45, 2.75) is 19.8 Å². The second-order valence-electron chi connectivity index (χ2n) is 5.29. The number of nitrogens with zero attached hydrogens (tertiary/aromatic N) is 1. The van der Waals surface area contributed by atoms with Crippen LogP contribution >= 0.6 is 0 Å². The van der Waals surface area contributed by atoms with E-state index in [1.54, 1.807) is 11.8 Å². The Balaban J connectivity index is 2.19. The molecule has 1 aliphatic rings. The highest BCUT2D eigenvalue weighted by atomic mass is 19.1. The van der Waals surface area contributed by atoms with Gasteiger partial charge in [0.05, 0.1) is 0 Å². The van der Waals surface area contributed by atoms with Gasteiger partial charge in [0.1, 0.15) is 17.3 Å². The molecular weight excluding hydrogens is 278 g/mol. The first kappa shape index (κ1) is 15.7. The molecule has 2 rings (SSSR count). The Bertz CT molecular complexity index is 499. The molecule has 1 amide bonds. The number of aliphatic hydroxyl groups is 1. The van der Waals surface area contributed by atoms with Crippen LogP contribution < -0.4 is 5.32 Å². The first-order chi connectivity index (χ1) is 10.1. The largest absolute Gasteiger partial charge is 0.396 e. The number of benzene rings is 1. The summed E-state index contributed by atoms with van der Waals surface area (Å²) in [4.78, 5) is 13.9. The van der Waals surface area contributed by atoms with Crippen LogP contribution in [0.15, 0.2) is 12.1 Å². The number of carbonyl (C=O) groups excluding carboxylic acids is 1. The highest BCUT2D eigenvalue weighted by Crippen LogP contribution is 2.23. The lowest BCUT2D eigenvalue weighted by molar-refractivity contribution is 0.0620. The summed E-state index contributed by atoms with van der Waals surface area (Å²) in [7, 11) is 0. The minimum Gasteiger partial charge on any atom is -0.396 e. The average molecular weight is 298 g/mol. The summed E-state index contributed by atoms with van der Waals surface area (Å²) in [5, 5.41) is 11.8. The summed E-state index contributed by atoms with van der Waals surface area (Å²) in [5.41, 5.74) is -0.203. The highest BCUT2D eigenvalue weighted by molar-refractivity contribution is 5.94. The molecule has 1 aromatic rings. The van der Waals surface area contributed by atoms with Crippen LogP contribution in [0, 0.1) is 17.6 Å². The molecule has 4 nitrogen and oxygen atoms in total. The maximum atomic E-state index is 13.9. The standard InChI is InChI=1S/C15H20F2N2O2/c1-2-18-14-12(16)6-11(7-13(14)17)15(21)19-5-3-4-10(8-19)9-20/h6-7,10,18,20H,2-5,8-9H2,1H3. The van der Waals surface area contributed by atoms with Crippen LogP contribution in [0.4, 0.5) is 14.5 Å². The molecule has 0 saturated carbocycles. The fourth-order valence-electron chi connectivity index (χ4n) is 2.62. The van der Waals surface area contributed by atoms with Gasteiger partial charge in [-0.15, -0.1) is 0 Å². The zero-order valence-corrected chi connectivity index (χ0v) is 12.0. The minimum atomic E-state index is -0.768. The van der Waals surface area contributed by atoms with Gasteiger partial charge in [0, 0.05) is 31.8 Å². The fourth-order valence-corrected chi connectivity index (χ4v) is 2.62. The van der Waals surface area contributed by atoms with Crippen molar-refractivity contribution in [2.24, 2.45) is 5.92 Å². The lowest BCUT2D eigenvalue weighted by Crippen LogP contribution is -2.41. The van der Waals surface area contributed by atoms with E-state index in [1.165, 1.54) is 0 Å². The number of aliphatic hydroxyl groups excluding tert-OH is 1. The summed E-state index contributed by atoms with van der Waals surface area (Å²) in [6.45, 7) is 3.12. The Hall–Kier alpha value is -1.69. The van der Waals surface area contributed by atoms with Gasteiger partial charge < -0.3 is 15.3 Å². The van der Waals surface area contributed by atoms with Gasteiger partial charge >= 0.3 is 0 Å². The first-order valence-electron chi connectivity index (χ1n) is 7.19. The van der Waals surface area contributed by atoms with E-state index in [-0.39, 0.29) is 23.8 Å². The molecule has 1 unspecified atom stereocenters. The monoisotopic (exact) mass is 298 g/mol. The summed E-state index contributed by atoms with van der Waals surface area (Å²) >= 11 is 0. The van der Waals surface area contributed by atoms with Crippen LogP contribution in [0.5, 0.6) is 0 Å². The van der Waals surface area contributed by atoms with E-state index >= 15 is 0 Å². The lowest BCUT2D eigenvalue weighted by atomic mass is 9.98. The SMILES string of the molecule is CCNc1c(F)cc(C(=O)N2CCCC(CO)C2)cc1F. The van der Waals surface area contributed by atoms with Crippen molar-refractivity contribution < 1.29 is 18.7 Å². The molecule has 0 aliphatic carbocycles. The quantitative estimate of drug-likeness (QED) is 0.896. The molecule has 1 heterocycles. The van der Waals surface area contributed by atoms with Crippen molar-refractivity contribution in [3.63, 3.8) is 0 Å². The third-order valence-electron chi connectivity index (χ3n) is 3.71. The number of piperidine rings is 1. The second kappa shape index (κ2) is 6.85. The number of anilines is 1. The molecule has 2 N–H and O–H groups in total. The van der Waals surface area contributed by atoms with E-state index in [1.807, 2.05) is 0 Å². The number of halogens is 2. The summed E-state index contributed by atoms with van der Waals surface area (Å²) < 4.78 is 27.7. The number of hydrogen-bond acceptors (Lipinski definition) is 3. The van der Waals surface area contributed by atoms with Crippen LogP contribution in [-0.2, 0) is 0 Å². The maximum absolute atomic E-state index is 13.9. The maximum Gasteiger partial charge on any atom is 0.254 e. The minimum absolute atomic E-state index is 0.00485. The van der Waals surface area contributed by atoms with Crippen molar-refractivity contribution in [1.82, 2.24) is 4.90 Å². The normalized spacial score (nSPS) is 18.7. The summed E-state index contributed by atoms with van der Waals surface area (Å²) in [6.07, 6.45) is 1.65. The van der Waals surface area contributed by atoms with Gasteiger partial charge in [-0.2, -0.15) is 0 Å². The molecule has 0 radical (unpaired) electrons. The number of nitrogens with one attached hydrogen (secondary N) is 1. The summed E-state index contributed by atoms with van der Waals surface area (Å²) in [5.74, 6) is -1.89. The van der Waals surface area contributed by atoms with Crippen molar-refractivity contribution in [2.75, 3.05) is 31.6 Å². The lowest BCUT2D eigenvalue weighted by Gasteiger charge is -2.32. The smallest absolute Gasteiger partial charge is 0.254 e. The second-order valence-corrected chi connectivity index (χ2v) is 5.29. The van der Waals surface area contributed by atoms with Crippen molar-refractivity contribution in [3.8, 4) is 0 Å². The molecular formula is C15H20F2N2O2. The van der Waals surface area contributed by atoms with Crippen molar-refractivity contribution in [3.05, 3.63) is 29.3 Å². The van der Waals surface area contributed by atoms with Crippen LogP contribution in [0.2, 0.25) is 0 Å². The van der Waals surface area contributed by atoms with E-state index in [0.29, 0.717) is 19.6 Å². The fraction of sp³-hybridized carbons (Fsp3) is 0.533. The Labute approximate surface area is 122 Å². The van der Waals surface area contributed by atoms with Gasteiger partial charge in [-0.1, -0.05) is 0 Å². The molecule has 6 heteroatoms. The number of carbonyl (C=O) groups is 1.